The number of rotatable bonds is 4. The average molecular weight is 223 g/mol. The third kappa shape index (κ3) is 2.97. The molecule has 17 heavy (non-hydrogen) atoms. The Morgan fingerprint density at radius 3 is 2.35 bits per heavy atom. The molecule has 0 saturated heterocycles. The van der Waals surface area contributed by atoms with Gasteiger partial charge in [-0.1, -0.05) is 54.6 Å². The maximum atomic E-state index is 4.01. The van der Waals surface area contributed by atoms with E-state index in [0.29, 0.717) is 0 Å². The van der Waals surface area contributed by atoms with Crippen molar-refractivity contribution in [2.45, 2.75) is 13.5 Å². The fourth-order valence-corrected chi connectivity index (χ4v) is 1.84. The third-order valence-corrected chi connectivity index (χ3v) is 2.73. The second-order valence-corrected chi connectivity index (χ2v) is 4.16. The Morgan fingerprint density at radius 2 is 1.65 bits per heavy atom. The lowest BCUT2D eigenvalue weighted by atomic mass is 10.0. The third-order valence-electron chi connectivity index (χ3n) is 2.73. The highest BCUT2D eigenvalue weighted by Gasteiger charge is 2.01. The van der Waals surface area contributed by atoms with Crippen molar-refractivity contribution in [1.29, 1.82) is 0 Å². The summed E-state index contributed by atoms with van der Waals surface area (Å²) in [4.78, 5) is 0. The summed E-state index contributed by atoms with van der Waals surface area (Å²) in [5.74, 6) is 0. The highest BCUT2D eigenvalue weighted by atomic mass is 14.9. The van der Waals surface area contributed by atoms with Crippen LogP contribution in [0.2, 0.25) is 0 Å². The first-order valence-corrected chi connectivity index (χ1v) is 5.80. The lowest BCUT2D eigenvalue weighted by molar-refractivity contribution is 1.14. The minimum absolute atomic E-state index is 0.826. The van der Waals surface area contributed by atoms with Crippen LogP contribution in [0.25, 0.3) is 5.57 Å². The van der Waals surface area contributed by atoms with Gasteiger partial charge in [0.15, 0.2) is 0 Å². The lowest BCUT2D eigenvalue weighted by Crippen LogP contribution is -2.01. The van der Waals surface area contributed by atoms with Crippen molar-refractivity contribution in [2.24, 2.45) is 0 Å². The van der Waals surface area contributed by atoms with E-state index in [0.717, 1.165) is 17.8 Å². The zero-order valence-corrected chi connectivity index (χ0v) is 10.1. The number of nitrogens with one attached hydrogen (secondary N) is 1. The van der Waals surface area contributed by atoms with Gasteiger partial charge < -0.3 is 5.32 Å². The van der Waals surface area contributed by atoms with Gasteiger partial charge in [0.2, 0.25) is 0 Å². The van der Waals surface area contributed by atoms with Crippen molar-refractivity contribution in [3.63, 3.8) is 0 Å². The number of benzene rings is 2. The molecule has 0 bridgehead atoms. The molecule has 0 aliphatic rings. The van der Waals surface area contributed by atoms with E-state index >= 15 is 0 Å². The first-order chi connectivity index (χ1) is 8.27. The van der Waals surface area contributed by atoms with Crippen molar-refractivity contribution < 1.29 is 0 Å². The van der Waals surface area contributed by atoms with Crippen LogP contribution >= 0.6 is 0 Å². The first kappa shape index (κ1) is 11.5. The number of hydrogen-bond acceptors (Lipinski definition) is 1. The van der Waals surface area contributed by atoms with E-state index in [2.05, 4.69) is 48.3 Å². The Morgan fingerprint density at radius 1 is 1.00 bits per heavy atom. The summed E-state index contributed by atoms with van der Waals surface area (Å²) < 4.78 is 0. The van der Waals surface area contributed by atoms with Crippen LogP contribution in [-0.2, 0) is 6.54 Å². The number of anilines is 1. The summed E-state index contributed by atoms with van der Waals surface area (Å²) in [7, 11) is 0. The van der Waals surface area contributed by atoms with Crippen molar-refractivity contribution in [3.05, 3.63) is 72.3 Å². The molecule has 2 rings (SSSR count). The number of hydrogen-bond donors (Lipinski definition) is 1. The molecule has 0 fully saturated rings. The minimum atomic E-state index is 0.826. The molecule has 86 valence electrons. The largest absolute Gasteiger partial charge is 0.381 e. The van der Waals surface area contributed by atoms with Gasteiger partial charge in [-0.3, -0.25) is 0 Å². The fourth-order valence-electron chi connectivity index (χ4n) is 1.84. The van der Waals surface area contributed by atoms with Crippen LogP contribution in [0.5, 0.6) is 0 Å². The normalized spacial score (nSPS) is 9.94. The van der Waals surface area contributed by atoms with Gasteiger partial charge in [0, 0.05) is 12.2 Å². The predicted octanol–water partition coefficient (Wildman–Crippen LogP) is 4.33. The molecule has 2 aromatic carbocycles. The molecule has 0 aromatic heterocycles. The second-order valence-electron chi connectivity index (χ2n) is 4.16. The fraction of sp³-hybridized carbons (Fsp3) is 0.125. The van der Waals surface area contributed by atoms with E-state index in [4.69, 9.17) is 0 Å². The summed E-state index contributed by atoms with van der Waals surface area (Å²) >= 11 is 0. The smallest absolute Gasteiger partial charge is 0.0406 e. The van der Waals surface area contributed by atoms with E-state index in [1.807, 2.05) is 25.1 Å². The molecule has 0 aliphatic carbocycles. The van der Waals surface area contributed by atoms with Crippen LogP contribution in [0.15, 0.2) is 61.2 Å². The predicted molar refractivity (Wildman–Crippen MR) is 74.9 cm³/mol. The van der Waals surface area contributed by atoms with E-state index in [1.165, 1.54) is 11.1 Å². The van der Waals surface area contributed by atoms with E-state index in [-0.39, 0.29) is 0 Å². The monoisotopic (exact) mass is 223 g/mol. The standard InChI is InChI=1S/C16H17N/c1-13(2)16-11-7-6-8-14(16)12-17-15-9-4-3-5-10-15/h3-11,17H,1,12H2,2H3. The van der Waals surface area contributed by atoms with Gasteiger partial charge >= 0.3 is 0 Å². The van der Waals surface area contributed by atoms with Crippen molar-refractivity contribution >= 4 is 11.3 Å². The van der Waals surface area contributed by atoms with Crippen molar-refractivity contribution in [1.82, 2.24) is 0 Å². The highest BCUT2D eigenvalue weighted by Crippen LogP contribution is 2.18. The number of allylic oxidation sites excluding steroid dienone is 1. The summed E-state index contributed by atoms with van der Waals surface area (Å²) in [6, 6.07) is 18.6. The van der Waals surface area contributed by atoms with Crippen LogP contribution in [0.3, 0.4) is 0 Å². The van der Waals surface area contributed by atoms with E-state index in [9.17, 15) is 0 Å². The molecule has 2 aromatic rings. The van der Waals surface area contributed by atoms with Crippen LogP contribution in [0.1, 0.15) is 18.1 Å². The van der Waals surface area contributed by atoms with Gasteiger partial charge in [-0.25, -0.2) is 0 Å². The number of para-hydroxylation sites is 1. The molecular weight excluding hydrogens is 206 g/mol. The quantitative estimate of drug-likeness (QED) is 0.813. The van der Waals surface area contributed by atoms with Gasteiger partial charge in [-0.15, -0.1) is 0 Å². The Kier molecular flexibility index (Phi) is 3.61. The van der Waals surface area contributed by atoms with Crippen LogP contribution < -0.4 is 5.32 Å². The van der Waals surface area contributed by atoms with Gasteiger partial charge in [0.1, 0.15) is 0 Å². The minimum Gasteiger partial charge on any atom is -0.381 e. The maximum absolute atomic E-state index is 4.01. The zero-order valence-electron chi connectivity index (χ0n) is 10.1. The Balaban J connectivity index is 2.12. The molecule has 1 N–H and O–H groups in total. The van der Waals surface area contributed by atoms with Gasteiger partial charge in [0.05, 0.1) is 0 Å². The van der Waals surface area contributed by atoms with Gasteiger partial charge in [-0.05, 0) is 30.2 Å². The van der Waals surface area contributed by atoms with Gasteiger partial charge in [0.25, 0.3) is 0 Å². The van der Waals surface area contributed by atoms with Crippen LogP contribution in [0.4, 0.5) is 5.69 Å². The van der Waals surface area contributed by atoms with Crippen LogP contribution in [0, 0.1) is 0 Å². The SMILES string of the molecule is C=C(C)c1ccccc1CNc1ccccc1. The van der Waals surface area contributed by atoms with Crippen molar-refractivity contribution in [3.8, 4) is 0 Å². The zero-order chi connectivity index (χ0) is 12.1. The Hall–Kier alpha value is -2.02. The summed E-state index contributed by atoms with van der Waals surface area (Å²) in [5.41, 5.74) is 4.76. The van der Waals surface area contributed by atoms with Gasteiger partial charge in [-0.2, -0.15) is 0 Å². The van der Waals surface area contributed by atoms with E-state index < -0.39 is 0 Å². The molecular formula is C16H17N. The molecule has 0 amide bonds. The summed E-state index contributed by atoms with van der Waals surface area (Å²) in [6.45, 7) is 6.88. The molecule has 1 heteroatoms. The lowest BCUT2D eigenvalue weighted by Gasteiger charge is -2.11. The molecule has 0 saturated carbocycles. The molecule has 1 nitrogen and oxygen atoms in total. The first-order valence-electron chi connectivity index (χ1n) is 5.80. The molecule has 0 heterocycles. The Labute approximate surface area is 103 Å². The maximum Gasteiger partial charge on any atom is 0.0406 e. The highest BCUT2D eigenvalue weighted by molar-refractivity contribution is 5.64. The topological polar surface area (TPSA) is 12.0 Å². The van der Waals surface area contributed by atoms with E-state index in [1.54, 1.807) is 0 Å². The summed E-state index contributed by atoms with van der Waals surface area (Å²) in [6.07, 6.45) is 0. The van der Waals surface area contributed by atoms with Crippen molar-refractivity contribution in [2.75, 3.05) is 5.32 Å². The molecule has 0 spiro atoms. The second kappa shape index (κ2) is 5.35. The Bertz CT molecular complexity index is 500. The molecule has 0 unspecified atom stereocenters. The molecule has 0 aliphatic heterocycles. The van der Waals surface area contributed by atoms with Crippen LogP contribution in [-0.4, -0.2) is 0 Å². The summed E-state index contributed by atoms with van der Waals surface area (Å²) in [5, 5.41) is 3.42. The molecule has 0 radical (unpaired) electrons. The average Bonchev–Trinajstić information content (AvgIpc) is 2.38. The molecule has 0 atom stereocenters.